The van der Waals surface area contributed by atoms with Crippen LogP contribution in [-0.2, 0) is 32.1 Å². The summed E-state index contributed by atoms with van der Waals surface area (Å²) >= 11 is 0. The molecule has 0 aliphatic carbocycles. The van der Waals surface area contributed by atoms with Crippen LogP contribution in [0.4, 0.5) is 0 Å². The average Bonchev–Trinajstić information content (AvgIpc) is 3.13. The third-order valence-electron chi connectivity index (χ3n) is 6.51. The first-order valence-electron chi connectivity index (χ1n) is 13.4. The van der Waals surface area contributed by atoms with E-state index in [0.717, 1.165) is 48.7 Å². The minimum atomic E-state index is -0.717. The Labute approximate surface area is 215 Å². The number of nitrogens with zero attached hydrogens (tertiary/aromatic N) is 1. The number of ether oxygens (including phenoxy) is 1. The predicted molar refractivity (Wildman–Crippen MR) is 142 cm³/mol. The number of carbonyl (C=O) groups excluding carboxylic acids is 3. The zero-order chi connectivity index (χ0) is 26.3. The fourth-order valence-corrected chi connectivity index (χ4v) is 4.92. The molecule has 7 heteroatoms. The topological polar surface area (TPSA) is 89.4 Å². The van der Waals surface area contributed by atoms with Crippen molar-refractivity contribution in [2.24, 2.45) is 11.8 Å². The zero-order valence-electron chi connectivity index (χ0n) is 22.6. The highest BCUT2D eigenvalue weighted by Crippen LogP contribution is 2.25. The Balaban J connectivity index is 1.85. The van der Waals surface area contributed by atoms with Gasteiger partial charge in [0, 0.05) is 42.5 Å². The molecule has 0 saturated carbocycles. The standard InChI is InChI=1S/C29H43N3O4/c1-20(2)16-21(18-26(33)36-29(3,4)5)27(34)31-24-17-22-19-32(25-13-9-8-12-23(22)25)15-11-7-6-10-14-30-28(24)35/h8-9,12-13,19-21,24H,6-7,10-11,14-18H2,1-5H3,(H,30,35)(H,31,34)/t21-,24+/m1/s1. The van der Waals surface area contributed by atoms with Crippen molar-refractivity contribution in [3.05, 3.63) is 36.0 Å². The molecule has 3 rings (SSSR count). The number of nitrogens with one attached hydrogen (secondary N) is 2. The molecule has 198 valence electrons. The summed E-state index contributed by atoms with van der Waals surface area (Å²) in [4.78, 5) is 39.2. The minimum Gasteiger partial charge on any atom is -0.460 e. The summed E-state index contributed by atoms with van der Waals surface area (Å²) in [7, 11) is 0. The highest BCUT2D eigenvalue weighted by molar-refractivity contribution is 5.91. The van der Waals surface area contributed by atoms with Gasteiger partial charge in [-0.25, -0.2) is 0 Å². The minimum absolute atomic E-state index is 0.00503. The summed E-state index contributed by atoms with van der Waals surface area (Å²) < 4.78 is 7.75. The van der Waals surface area contributed by atoms with Crippen LogP contribution in [0.1, 0.15) is 78.7 Å². The van der Waals surface area contributed by atoms with E-state index in [4.69, 9.17) is 4.74 Å². The van der Waals surface area contributed by atoms with Crippen molar-refractivity contribution in [3.8, 4) is 0 Å². The van der Waals surface area contributed by atoms with Crippen LogP contribution in [0.2, 0.25) is 0 Å². The number of esters is 1. The zero-order valence-corrected chi connectivity index (χ0v) is 22.6. The van der Waals surface area contributed by atoms with Gasteiger partial charge in [-0.1, -0.05) is 44.9 Å². The van der Waals surface area contributed by atoms with Crippen molar-refractivity contribution in [1.29, 1.82) is 0 Å². The summed E-state index contributed by atoms with van der Waals surface area (Å²) in [6.07, 6.45) is 7.22. The molecule has 2 bridgehead atoms. The highest BCUT2D eigenvalue weighted by atomic mass is 16.6. The van der Waals surface area contributed by atoms with Gasteiger partial charge in [0.15, 0.2) is 0 Å². The summed E-state index contributed by atoms with van der Waals surface area (Å²) in [6.45, 7) is 11.0. The number of aryl methyl sites for hydroxylation is 1. The second-order valence-electron chi connectivity index (χ2n) is 11.5. The Morgan fingerprint density at radius 2 is 1.86 bits per heavy atom. The van der Waals surface area contributed by atoms with Crippen molar-refractivity contribution >= 4 is 28.7 Å². The Bertz CT molecular complexity index is 1050. The average molecular weight is 498 g/mol. The van der Waals surface area contributed by atoms with Gasteiger partial charge < -0.3 is 19.9 Å². The van der Waals surface area contributed by atoms with Gasteiger partial charge >= 0.3 is 5.97 Å². The van der Waals surface area contributed by atoms with E-state index in [1.54, 1.807) is 0 Å². The van der Waals surface area contributed by atoms with Crippen LogP contribution in [0.5, 0.6) is 0 Å². The first kappa shape index (κ1) is 27.8. The number of aromatic nitrogens is 1. The fraction of sp³-hybridized carbons (Fsp3) is 0.621. The monoisotopic (exact) mass is 497 g/mol. The van der Waals surface area contributed by atoms with Crippen LogP contribution < -0.4 is 10.6 Å². The first-order valence-corrected chi connectivity index (χ1v) is 13.4. The second kappa shape index (κ2) is 12.4. The second-order valence-corrected chi connectivity index (χ2v) is 11.5. The molecule has 36 heavy (non-hydrogen) atoms. The van der Waals surface area contributed by atoms with Gasteiger partial charge in [0.1, 0.15) is 11.6 Å². The van der Waals surface area contributed by atoms with Crippen molar-refractivity contribution < 1.29 is 19.1 Å². The van der Waals surface area contributed by atoms with Crippen LogP contribution in [0.25, 0.3) is 10.9 Å². The lowest BCUT2D eigenvalue weighted by molar-refractivity contribution is -0.157. The van der Waals surface area contributed by atoms with Gasteiger partial charge in [0.2, 0.25) is 11.8 Å². The van der Waals surface area contributed by atoms with E-state index in [2.05, 4.69) is 33.5 Å². The molecule has 0 fully saturated rings. The summed E-state index contributed by atoms with van der Waals surface area (Å²) in [5.74, 6) is -1.19. The van der Waals surface area contributed by atoms with E-state index >= 15 is 0 Å². The van der Waals surface area contributed by atoms with Crippen molar-refractivity contribution in [1.82, 2.24) is 15.2 Å². The molecular formula is C29H43N3O4. The van der Waals surface area contributed by atoms with Crippen molar-refractivity contribution in [3.63, 3.8) is 0 Å². The van der Waals surface area contributed by atoms with E-state index in [9.17, 15) is 14.4 Å². The molecule has 7 nitrogen and oxygen atoms in total. The van der Waals surface area contributed by atoms with Crippen molar-refractivity contribution in [2.75, 3.05) is 6.54 Å². The summed E-state index contributed by atoms with van der Waals surface area (Å²) in [6, 6.07) is 7.51. The third-order valence-corrected chi connectivity index (χ3v) is 6.51. The number of fused-ring (bicyclic) bond motifs is 5. The predicted octanol–water partition coefficient (Wildman–Crippen LogP) is 4.75. The van der Waals surface area contributed by atoms with Crippen LogP contribution in [0, 0.1) is 11.8 Å². The van der Waals surface area contributed by atoms with E-state index < -0.39 is 23.5 Å². The van der Waals surface area contributed by atoms with Crippen LogP contribution in [0.15, 0.2) is 30.5 Å². The van der Waals surface area contributed by atoms with E-state index in [1.165, 1.54) is 0 Å². The Morgan fingerprint density at radius 1 is 1.14 bits per heavy atom. The number of hydrogen-bond donors (Lipinski definition) is 2. The summed E-state index contributed by atoms with van der Waals surface area (Å²) in [5.41, 5.74) is 1.58. The van der Waals surface area contributed by atoms with Gasteiger partial charge in [0.05, 0.1) is 6.42 Å². The summed E-state index contributed by atoms with van der Waals surface area (Å²) in [5, 5.41) is 7.14. The first-order chi connectivity index (χ1) is 17.0. The van der Waals surface area contributed by atoms with Gasteiger partial charge in [-0.15, -0.1) is 0 Å². The van der Waals surface area contributed by atoms with Crippen molar-refractivity contribution in [2.45, 2.75) is 97.8 Å². The number of rotatable bonds is 6. The molecule has 1 aromatic carbocycles. The lowest BCUT2D eigenvalue weighted by Gasteiger charge is -2.25. The maximum Gasteiger partial charge on any atom is 0.307 e. The molecule has 2 N–H and O–H groups in total. The van der Waals surface area contributed by atoms with Gasteiger partial charge in [0.25, 0.3) is 0 Å². The maximum atomic E-state index is 13.4. The number of benzene rings is 1. The molecule has 0 saturated heterocycles. The van der Waals surface area contributed by atoms with Gasteiger partial charge in [-0.05, 0) is 57.6 Å². The molecule has 2 heterocycles. The molecule has 0 unspecified atom stereocenters. The molecule has 1 aliphatic heterocycles. The van der Waals surface area contributed by atoms with Gasteiger partial charge in [-0.3, -0.25) is 14.4 Å². The fourth-order valence-electron chi connectivity index (χ4n) is 4.92. The molecule has 1 aliphatic rings. The molecule has 2 aromatic rings. The SMILES string of the molecule is CC(C)C[C@H](CC(=O)OC(C)(C)C)C(=O)N[C@H]1Cc2cn(c3ccccc23)CCCCCCNC1=O. The normalized spacial score (nSPS) is 18.5. The molecule has 0 spiro atoms. The maximum absolute atomic E-state index is 13.4. The Kier molecular flexibility index (Phi) is 9.57. The third kappa shape index (κ3) is 8.10. The Hall–Kier alpha value is -2.83. The molecule has 1 aromatic heterocycles. The number of amides is 2. The van der Waals surface area contributed by atoms with Crippen LogP contribution >= 0.6 is 0 Å². The van der Waals surface area contributed by atoms with E-state index in [1.807, 2.05) is 46.8 Å². The highest BCUT2D eigenvalue weighted by Gasteiger charge is 2.30. The van der Waals surface area contributed by atoms with E-state index in [-0.39, 0.29) is 24.2 Å². The lowest BCUT2D eigenvalue weighted by atomic mass is 9.92. The van der Waals surface area contributed by atoms with E-state index in [0.29, 0.717) is 19.4 Å². The molecule has 0 radical (unpaired) electrons. The van der Waals surface area contributed by atoms with Crippen LogP contribution in [-0.4, -0.2) is 40.5 Å². The largest absolute Gasteiger partial charge is 0.460 e. The molecular weight excluding hydrogens is 454 g/mol. The Morgan fingerprint density at radius 3 is 2.58 bits per heavy atom. The lowest BCUT2D eigenvalue weighted by Crippen LogP contribution is -2.50. The smallest absolute Gasteiger partial charge is 0.307 e. The van der Waals surface area contributed by atoms with Crippen LogP contribution in [0.3, 0.4) is 0 Å². The quantitative estimate of drug-likeness (QED) is 0.564. The number of para-hydroxylation sites is 1. The van der Waals surface area contributed by atoms with Gasteiger partial charge in [-0.2, -0.15) is 0 Å². The number of carbonyl (C=O) groups is 3. The molecule has 2 atom stereocenters. The molecule has 2 amide bonds. The number of hydrogen-bond acceptors (Lipinski definition) is 4.